The van der Waals surface area contributed by atoms with Crippen LogP contribution < -0.4 is 20.7 Å². The number of ether oxygens (including phenoxy) is 1. The summed E-state index contributed by atoms with van der Waals surface area (Å²) in [5.41, 5.74) is 1.23. The Morgan fingerprint density at radius 3 is 2.91 bits per heavy atom. The average molecular weight is 444 g/mol. The predicted molar refractivity (Wildman–Crippen MR) is 117 cm³/mol. The second-order valence-corrected chi connectivity index (χ2v) is 8.51. The van der Waals surface area contributed by atoms with Gasteiger partial charge in [0.2, 0.25) is 5.91 Å². The van der Waals surface area contributed by atoms with Gasteiger partial charge in [0.05, 0.1) is 5.54 Å². The van der Waals surface area contributed by atoms with Gasteiger partial charge in [-0.05, 0) is 49.1 Å². The minimum atomic E-state index is -0.354. The van der Waals surface area contributed by atoms with E-state index in [2.05, 4.69) is 30.9 Å². The SMILES string of the molecule is O=C1CCc2c(Oc3ccc(O)c([C@@H]4[C@@H]5C[C@@]45NC(=O)Nc4ccncn4)c3)ccnc2N1. The lowest BCUT2D eigenvalue weighted by molar-refractivity contribution is -0.116. The maximum atomic E-state index is 12.4. The quantitative estimate of drug-likeness (QED) is 0.475. The van der Waals surface area contributed by atoms with Crippen molar-refractivity contribution < 1.29 is 19.4 Å². The molecule has 3 aromatic rings. The van der Waals surface area contributed by atoms with E-state index in [1.165, 1.54) is 6.33 Å². The highest BCUT2D eigenvalue weighted by Crippen LogP contribution is 2.77. The standard InChI is InChI=1S/C23H20N6O4/c30-16-3-1-12(33-17-5-8-25-21-13(17)2-4-19(31)28-21)9-14(16)20-15-10-23(15,20)29-22(32)27-18-6-7-24-11-26-18/h1,3,5-9,11,15,20,30H,2,4,10H2,(H,25,28,31)(H2,24,26,27,29,32)/t15-,20+,23-/m0/s1. The van der Waals surface area contributed by atoms with E-state index in [-0.39, 0.29) is 35.1 Å². The third-order valence-electron chi connectivity index (χ3n) is 6.51. The van der Waals surface area contributed by atoms with E-state index in [1.54, 1.807) is 36.7 Å². The molecule has 166 valence electrons. The van der Waals surface area contributed by atoms with Gasteiger partial charge in [-0.3, -0.25) is 10.1 Å². The number of hydrogen-bond acceptors (Lipinski definition) is 7. The summed E-state index contributed by atoms with van der Waals surface area (Å²) in [6, 6.07) is 8.15. The lowest BCUT2D eigenvalue weighted by Gasteiger charge is -2.20. The van der Waals surface area contributed by atoms with Gasteiger partial charge in [0.1, 0.15) is 35.2 Å². The van der Waals surface area contributed by atoms with Gasteiger partial charge < -0.3 is 20.5 Å². The Hall–Kier alpha value is -4.21. The molecule has 33 heavy (non-hydrogen) atoms. The van der Waals surface area contributed by atoms with Crippen molar-refractivity contribution in [3.05, 3.63) is 60.2 Å². The number of phenolic OH excluding ortho intramolecular Hbond substituents is 1. The first-order valence-corrected chi connectivity index (χ1v) is 10.7. The van der Waals surface area contributed by atoms with Gasteiger partial charge in [-0.2, -0.15) is 0 Å². The van der Waals surface area contributed by atoms with Crippen LogP contribution in [0.4, 0.5) is 16.4 Å². The van der Waals surface area contributed by atoms with Gasteiger partial charge in [0.15, 0.2) is 0 Å². The number of aromatic hydroxyl groups is 1. The zero-order valence-electron chi connectivity index (χ0n) is 17.4. The highest BCUT2D eigenvalue weighted by Gasteiger charge is 2.80. The van der Waals surface area contributed by atoms with E-state index in [9.17, 15) is 14.7 Å². The van der Waals surface area contributed by atoms with Crippen LogP contribution in [0, 0.1) is 5.92 Å². The molecule has 3 atom stereocenters. The molecule has 0 saturated heterocycles. The van der Waals surface area contributed by atoms with E-state index < -0.39 is 0 Å². The van der Waals surface area contributed by atoms with Gasteiger partial charge in [-0.1, -0.05) is 0 Å². The molecule has 0 radical (unpaired) electrons. The number of amides is 3. The van der Waals surface area contributed by atoms with Crippen molar-refractivity contribution in [1.82, 2.24) is 20.3 Å². The zero-order valence-corrected chi connectivity index (χ0v) is 17.4. The van der Waals surface area contributed by atoms with Crippen LogP contribution in [0.15, 0.2) is 49.1 Å². The van der Waals surface area contributed by atoms with Gasteiger partial charge in [-0.15, -0.1) is 0 Å². The first-order valence-electron chi connectivity index (χ1n) is 10.7. The van der Waals surface area contributed by atoms with Gasteiger partial charge in [0.25, 0.3) is 0 Å². The number of rotatable bonds is 5. The van der Waals surface area contributed by atoms with E-state index in [0.717, 1.165) is 17.5 Å². The smallest absolute Gasteiger partial charge is 0.320 e. The van der Waals surface area contributed by atoms with Gasteiger partial charge in [-0.25, -0.2) is 19.7 Å². The third-order valence-corrected chi connectivity index (χ3v) is 6.51. The monoisotopic (exact) mass is 444 g/mol. The predicted octanol–water partition coefficient (Wildman–Crippen LogP) is 2.93. The topological polar surface area (TPSA) is 138 Å². The first kappa shape index (κ1) is 19.5. The summed E-state index contributed by atoms with van der Waals surface area (Å²) in [4.78, 5) is 36.1. The van der Waals surface area contributed by atoms with Crippen molar-refractivity contribution in [2.45, 2.75) is 30.7 Å². The lowest BCUT2D eigenvalue weighted by atomic mass is 9.99. The summed E-state index contributed by atoms with van der Waals surface area (Å²) >= 11 is 0. The van der Waals surface area contributed by atoms with Crippen molar-refractivity contribution in [3.8, 4) is 17.2 Å². The maximum Gasteiger partial charge on any atom is 0.320 e. The minimum absolute atomic E-state index is 0.0165. The molecule has 10 nitrogen and oxygen atoms in total. The molecule has 0 spiro atoms. The van der Waals surface area contributed by atoms with Crippen LogP contribution in [0.2, 0.25) is 0 Å². The molecule has 3 heterocycles. The molecule has 1 aromatic carbocycles. The van der Waals surface area contributed by atoms with Crippen LogP contribution >= 0.6 is 0 Å². The zero-order chi connectivity index (χ0) is 22.6. The van der Waals surface area contributed by atoms with Crippen LogP contribution in [-0.4, -0.2) is 37.5 Å². The van der Waals surface area contributed by atoms with Crippen molar-refractivity contribution in [2.24, 2.45) is 5.92 Å². The van der Waals surface area contributed by atoms with E-state index in [1.807, 2.05) is 6.07 Å². The molecule has 3 aliphatic rings. The fourth-order valence-corrected chi connectivity index (χ4v) is 4.67. The Balaban J connectivity index is 1.18. The van der Waals surface area contributed by atoms with Crippen LogP contribution in [0.25, 0.3) is 0 Å². The van der Waals surface area contributed by atoms with Crippen LogP contribution in [0.5, 0.6) is 17.2 Å². The number of benzene rings is 1. The van der Waals surface area contributed by atoms with E-state index >= 15 is 0 Å². The number of pyridine rings is 1. The maximum absolute atomic E-state index is 12.4. The van der Waals surface area contributed by atoms with Gasteiger partial charge in [0, 0.05) is 35.9 Å². The number of carbonyl (C=O) groups is 2. The summed E-state index contributed by atoms with van der Waals surface area (Å²) in [5.74, 6) is 2.53. The van der Waals surface area contributed by atoms with Crippen LogP contribution in [-0.2, 0) is 11.2 Å². The molecule has 4 N–H and O–H groups in total. The number of aromatic nitrogens is 3. The van der Waals surface area contributed by atoms with Crippen LogP contribution in [0.1, 0.15) is 29.9 Å². The fourth-order valence-electron chi connectivity index (χ4n) is 4.67. The van der Waals surface area contributed by atoms with Crippen molar-refractivity contribution in [1.29, 1.82) is 0 Å². The summed E-state index contributed by atoms with van der Waals surface area (Å²) in [7, 11) is 0. The summed E-state index contributed by atoms with van der Waals surface area (Å²) in [5, 5.41) is 19.0. The molecule has 3 amide bonds. The number of nitrogens with zero attached hydrogens (tertiary/aromatic N) is 3. The molecule has 0 unspecified atom stereocenters. The van der Waals surface area contributed by atoms with Crippen molar-refractivity contribution in [2.75, 3.05) is 10.6 Å². The summed E-state index contributed by atoms with van der Waals surface area (Å²) < 4.78 is 6.11. The molecular weight excluding hydrogens is 424 g/mol. The second kappa shape index (κ2) is 7.16. The number of fused-ring (bicyclic) bond motifs is 2. The number of anilines is 2. The van der Waals surface area contributed by atoms with Crippen molar-refractivity contribution in [3.63, 3.8) is 0 Å². The third kappa shape index (κ3) is 3.39. The molecule has 2 saturated carbocycles. The first-order chi connectivity index (χ1) is 16.0. The van der Waals surface area contributed by atoms with Gasteiger partial charge >= 0.3 is 6.03 Å². The normalized spacial score (nSPS) is 24.1. The highest BCUT2D eigenvalue weighted by molar-refractivity contribution is 5.93. The molecule has 1 aliphatic heterocycles. The Morgan fingerprint density at radius 2 is 2.09 bits per heavy atom. The Bertz CT molecular complexity index is 1280. The number of hydrogen-bond donors (Lipinski definition) is 4. The highest BCUT2D eigenvalue weighted by atomic mass is 16.5. The number of phenols is 1. The number of nitrogens with one attached hydrogen (secondary N) is 3. The molecule has 2 fully saturated rings. The lowest BCUT2D eigenvalue weighted by Crippen LogP contribution is -2.36. The number of carbonyl (C=O) groups excluding carboxylic acids is 2. The Kier molecular flexibility index (Phi) is 4.22. The van der Waals surface area contributed by atoms with E-state index in [0.29, 0.717) is 36.0 Å². The minimum Gasteiger partial charge on any atom is -0.508 e. The molecule has 6 rings (SSSR count). The average Bonchev–Trinajstić information content (AvgIpc) is 3.66. The fraction of sp³-hybridized carbons (Fsp3) is 0.261. The van der Waals surface area contributed by atoms with Crippen LogP contribution in [0.3, 0.4) is 0 Å². The summed E-state index contributed by atoms with van der Waals surface area (Å²) in [6.45, 7) is 0. The molecule has 10 heteroatoms. The summed E-state index contributed by atoms with van der Waals surface area (Å²) in [6.07, 6.45) is 6.30. The van der Waals surface area contributed by atoms with E-state index in [4.69, 9.17) is 4.74 Å². The number of urea groups is 1. The molecule has 0 bridgehead atoms. The largest absolute Gasteiger partial charge is 0.508 e. The van der Waals surface area contributed by atoms with Crippen molar-refractivity contribution >= 4 is 23.6 Å². The Labute approximate surface area is 188 Å². The molecule has 2 aliphatic carbocycles. The molecular formula is C23H20N6O4. The second-order valence-electron chi connectivity index (χ2n) is 8.51. The Morgan fingerprint density at radius 1 is 1.18 bits per heavy atom. The molecule has 2 aromatic heterocycles.